The fraction of sp³-hybridized carbons (Fsp3) is 0.412. The quantitative estimate of drug-likeness (QED) is 0.278. The molecule has 0 aromatic heterocycles. The summed E-state index contributed by atoms with van der Waals surface area (Å²) in [6, 6.07) is 7.81. The van der Waals surface area contributed by atoms with E-state index >= 15 is 0 Å². The first kappa shape index (κ1) is 22.2. The molecule has 24 heavy (non-hydrogen) atoms. The third kappa shape index (κ3) is 8.19. The van der Waals surface area contributed by atoms with Crippen LogP contribution in [-0.2, 0) is 11.3 Å². The van der Waals surface area contributed by atoms with Gasteiger partial charge in [-0.1, -0.05) is 30.9 Å². The summed E-state index contributed by atoms with van der Waals surface area (Å²) < 4.78 is 5.62. The van der Waals surface area contributed by atoms with Crippen molar-refractivity contribution in [2.45, 2.75) is 13.0 Å². The molecular weight excluding hydrogens is 419 g/mol. The number of guanidine groups is 1. The highest BCUT2D eigenvalue weighted by Crippen LogP contribution is 2.17. The molecule has 134 valence electrons. The van der Waals surface area contributed by atoms with Crippen LogP contribution >= 0.6 is 24.0 Å². The number of halogens is 1. The maximum Gasteiger partial charge on any atom is 0.223 e. The molecule has 0 fully saturated rings. The molecule has 1 aromatic rings. The summed E-state index contributed by atoms with van der Waals surface area (Å²) in [4.78, 5) is 17.3. The first-order valence-electron chi connectivity index (χ1n) is 7.54. The first-order chi connectivity index (χ1) is 11.1. The number of hydrogen-bond donors (Lipinski definition) is 2. The van der Waals surface area contributed by atoms with Crippen molar-refractivity contribution in [3.63, 3.8) is 0 Å². The Morgan fingerprint density at radius 1 is 1.33 bits per heavy atom. The summed E-state index contributed by atoms with van der Waals surface area (Å²) >= 11 is 0. The molecule has 0 atom stereocenters. The average molecular weight is 446 g/mol. The molecule has 2 N–H and O–H groups in total. The van der Waals surface area contributed by atoms with Gasteiger partial charge >= 0.3 is 0 Å². The van der Waals surface area contributed by atoms with Gasteiger partial charge in [0, 0.05) is 46.2 Å². The Balaban J connectivity index is 0.00000529. The third-order valence-electron chi connectivity index (χ3n) is 3.13. The first-order valence-corrected chi connectivity index (χ1v) is 7.54. The number of benzene rings is 1. The number of nitrogens with one attached hydrogen (secondary N) is 2. The van der Waals surface area contributed by atoms with Gasteiger partial charge < -0.3 is 20.3 Å². The van der Waals surface area contributed by atoms with Crippen molar-refractivity contribution in [1.29, 1.82) is 0 Å². The van der Waals surface area contributed by atoms with Gasteiger partial charge in [-0.15, -0.1) is 24.0 Å². The molecule has 0 saturated carbocycles. The van der Waals surface area contributed by atoms with Crippen LogP contribution in [0.15, 0.2) is 41.9 Å². The van der Waals surface area contributed by atoms with Crippen molar-refractivity contribution in [2.75, 3.05) is 34.3 Å². The van der Waals surface area contributed by atoms with E-state index in [0.29, 0.717) is 32.1 Å². The van der Waals surface area contributed by atoms with Crippen LogP contribution < -0.4 is 15.4 Å². The van der Waals surface area contributed by atoms with Gasteiger partial charge in [0.05, 0.1) is 0 Å². The lowest BCUT2D eigenvalue weighted by Gasteiger charge is -2.15. The molecule has 0 spiro atoms. The number of aliphatic imine (C=N–C) groups is 1. The van der Waals surface area contributed by atoms with E-state index in [1.165, 1.54) is 0 Å². The monoisotopic (exact) mass is 446 g/mol. The number of carbonyl (C=O) groups is 1. The van der Waals surface area contributed by atoms with Crippen molar-refractivity contribution in [1.82, 2.24) is 15.5 Å². The largest absolute Gasteiger partial charge is 0.489 e. The Labute approximate surface area is 161 Å². The number of carbonyl (C=O) groups excluding carboxylic acids is 1. The van der Waals surface area contributed by atoms with E-state index in [4.69, 9.17) is 4.74 Å². The van der Waals surface area contributed by atoms with Gasteiger partial charge in [-0.2, -0.15) is 0 Å². The van der Waals surface area contributed by atoms with E-state index in [-0.39, 0.29) is 29.9 Å². The van der Waals surface area contributed by atoms with Crippen molar-refractivity contribution in [3.05, 3.63) is 42.5 Å². The minimum atomic E-state index is 0. The van der Waals surface area contributed by atoms with Gasteiger partial charge in [0.15, 0.2) is 5.96 Å². The molecule has 1 rings (SSSR count). The molecule has 1 aromatic carbocycles. The normalized spacial score (nSPS) is 10.4. The minimum absolute atomic E-state index is 0. The van der Waals surface area contributed by atoms with Crippen LogP contribution in [-0.4, -0.2) is 51.1 Å². The maximum atomic E-state index is 11.5. The number of hydrogen-bond acceptors (Lipinski definition) is 3. The molecule has 0 unspecified atom stereocenters. The van der Waals surface area contributed by atoms with Crippen LogP contribution in [0.1, 0.15) is 12.0 Å². The third-order valence-corrected chi connectivity index (χ3v) is 3.13. The molecule has 0 heterocycles. The standard InChI is InChI=1S/C17H26N4O2.HI/c1-5-12-23-15-9-7-6-8-14(15)13-20-17(18-2)19-11-10-16(22)21(3)4;/h5-9H,1,10-13H2,2-4H3,(H2,18,19,20);1H. The van der Waals surface area contributed by atoms with Crippen molar-refractivity contribution < 1.29 is 9.53 Å². The Kier molecular flexibility index (Phi) is 11.7. The van der Waals surface area contributed by atoms with Crippen LogP contribution in [0.2, 0.25) is 0 Å². The van der Waals surface area contributed by atoms with Crippen LogP contribution in [0, 0.1) is 0 Å². The second-order valence-electron chi connectivity index (χ2n) is 5.10. The zero-order valence-electron chi connectivity index (χ0n) is 14.5. The molecule has 0 radical (unpaired) electrons. The zero-order chi connectivity index (χ0) is 17.1. The maximum absolute atomic E-state index is 11.5. The Hall–Kier alpha value is -1.77. The predicted molar refractivity (Wildman–Crippen MR) is 109 cm³/mol. The Bertz CT molecular complexity index is 547. The molecule has 0 aliphatic heterocycles. The fourth-order valence-electron chi connectivity index (χ4n) is 1.85. The lowest BCUT2D eigenvalue weighted by Crippen LogP contribution is -2.38. The Morgan fingerprint density at radius 2 is 2.04 bits per heavy atom. The molecule has 6 nitrogen and oxygen atoms in total. The predicted octanol–water partition coefficient (Wildman–Crippen LogP) is 2.01. The number of ether oxygens (including phenoxy) is 1. The minimum Gasteiger partial charge on any atom is -0.489 e. The van der Waals surface area contributed by atoms with Crippen molar-refractivity contribution in [2.24, 2.45) is 4.99 Å². The summed E-state index contributed by atoms with van der Waals surface area (Å²) in [5.74, 6) is 1.55. The van der Waals surface area contributed by atoms with Gasteiger partial charge in [-0.25, -0.2) is 0 Å². The van der Waals surface area contributed by atoms with E-state index in [9.17, 15) is 4.79 Å². The van der Waals surface area contributed by atoms with Crippen LogP contribution in [0.4, 0.5) is 0 Å². The second-order valence-corrected chi connectivity index (χ2v) is 5.10. The van der Waals surface area contributed by atoms with E-state index < -0.39 is 0 Å². The van der Waals surface area contributed by atoms with E-state index in [1.807, 2.05) is 24.3 Å². The number of rotatable bonds is 8. The highest BCUT2D eigenvalue weighted by atomic mass is 127. The molecule has 0 aliphatic rings. The van der Waals surface area contributed by atoms with Gasteiger partial charge in [0.25, 0.3) is 0 Å². The Morgan fingerprint density at radius 3 is 2.67 bits per heavy atom. The van der Waals surface area contributed by atoms with Crippen LogP contribution in [0.5, 0.6) is 5.75 Å². The molecular formula is C17H27IN4O2. The summed E-state index contributed by atoms with van der Waals surface area (Å²) in [7, 11) is 5.19. The lowest BCUT2D eigenvalue weighted by atomic mass is 10.2. The van der Waals surface area contributed by atoms with Crippen molar-refractivity contribution >= 4 is 35.8 Å². The molecule has 0 saturated heterocycles. The highest BCUT2D eigenvalue weighted by molar-refractivity contribution is 14.0. The summed E-state index contributed by atoms with van der Waals surface area (Å²) in [6.45, 7) is 5.23. The topological polar surface area (TPSA) is 66.0 Å². The van der Waals surface area contributed by atoms with E-state index in [1.54, 1.807) is 32.1 Å². The molecule has 0 bridgehead atoms. The van der Waals surface area contributed by atoms with E-state index in [2.05, 4.69) is 22.2 Å². The number of amides is 1. The van der Waals surface area contributed by atoms with Gasteiger partial charge in [-0.05, 0) is 6.07 Å². The van der Waals surface area contributed by atoms with Gasteiger partial charge in [0.2, 0.25) is 5.91 Å². The molecule has 1 amide bonds. The van der Waals surface area contributed by atoms with Crippen molar-refractivity contribution in [3.8, 4) is 5.75 Å². The van der Waals surface area contributed by atoms with E-state index in [0.717, 1.165) is 11.3 Å². The molecule has 7 heteroatoms. The smallest absolute Gasteiger partial charge is 0.223 e. The van der Waals surface area contributed by atoms with Crippen LogP contribution in [0.25, 0.3) is 0 Å². The van der Waals surface area contributed by atoms with Gasteiger partial charge in [0.1, 0.15) is 12.4 Å². The number of para-hydroxylation sites is 1. The zero-order valence-corrected chi connectivity index (χ0v) is 16.9. The fourth-order valence-corrected chi connectivity index (χ4v) is 1.85. The second kappa shape index (κ2) is 12.6. The molecule has 0 aliphatic carbocycles. The average Bonchev–Trinajstić information content (AvgIpc) is 2.56. The number of nitrogens with zero attached hydrogens (tertiary/aromatic N) is 2. The highest BCUT2D eigenvalue weighted by Gasteiger charge is 2.06. The summed E-state index contributed by atoms with van der Waals surface area (Å²) in [5, 5.41) is 6.34. The van der Waals surface area contributed by atoms with Crippen LogP contribution in [0.3, 0.4) is 0 Å². The summed E-state index contributed by atoms with van der Waals surface area (Å²) in [6.07, 6.45) is 2.14. The lowest BCUT2D eigenvalue weighted by molar-refractivity contribution is -0.128. The summed E-state index contributed by atoms with van der Waals surface area (Å²) in [5.41, 5.74) is 1.03. The van der Waals surface area contributed by atoms with Gasteiger partial charge in [-0.3, -0.25) is 9.79 Å². The SMILES string of the molecule is C=CCOc1ccccc1CNC(=NC)NCCC(=O)N(C)C.I.